The van der Waals surface area contributed by atoms with E-state index in [1.165, 1.54) is 34.8 Å². The molecule has 0 aliphatic heterocycles. The summed E-state index contributed by atoms with van der Waals surface area (Å²) in [5.41, 5.74) is 0.739. The van der Waals surface area contributed by atoms with Crippen LogP contribution in [0.3, 0.4) is 0 Å². The number of fused-ring (bicyclic) bond motifs is 2. The van der Waals surface area contributed by atoms with Crippen molar-refractivity contribution in [3.63, 3.8) is 0 Å². The van der Waals surface area contributed by atoms with Crippen LogP contribution in [0.25, 0.3) is 20.3 Å². The molecule has 0 aliphatic rings. The summed E-state index contributed by atoms with van der Waals surface area (Å²) in [6, 6.07) is 12.1. The molecule has 8 nitrogen and oxygen atoms in total. The van der Waals surface area contributed by atoms with Crippen molar-refractivity contribution >= 4 is 72.1 Å². The van der Waals surface area contributed by atoms with Crippen LogP contribution in [-0.4, -0.2) is 55.0 Å². The van der Waals surface area contributed by atoms with Gasteiger partial charge in [-0.25, -0.2) is 4.98 Å². The molecule has 174 valence electrons. The van der Waals surface area contributed by atoms with Gasteiger partial charge in [0.15, 0.2) is 5.13 Å². The van der Waals surface area contributed by atoms with Crippen molar-refractivity contribution in [1.29, 1.82) is 0 Å². The smallest absolute Gasteiger partial charge is 0.270 e. The standard InChI is InChI=1S/C22H22N4O4S2.ClH/c1-24(2)10-5-11-25(22-23-20-16(30-3)6-4-7-18(20)32-22)21(27)19-13-14-12-15(26(28)29)8-9-17(14)31-19;/h4,6-9,12-13H,5,10-11H2,1-3H3;1H. The second-order valence-electron chi connectivity index (χ2n) is 7.51. The van der Waals surface area contributed by atoms with Crippen LogP contribution in [0.1, 0.15) is 16.1 Å². The summed E-state index contributed by atoms with van der Waals surface area (Å²) >= 11 is 2.78. The molecule has 0 aliphatic carbocycles. The maximum absolute atomic E-state index is 13.6. The molecule has 4 rings (SSSR count). The van der Waals surface area contributed by atoms with Crippen LogP contribution < -0.4 is 9.64 Å². The van der Waals surface area contributed by atoms with Crippen molar-refractivity contribution in [2.45, 2.75) is 6.42 Å². The van der Waals surface area contributed by atoms with Crippen LogP contribution >= 0.6 is 35.1 Å². The number of amides is 1. The van der Waals surface area contributed by atoms with Crippen LogP contribution in [0.4, 0.5) is 10.8 Å². The third kappa shape index (κ3) is 5.25. The van der Waals surface area contributed by atoms with Gasteiger partial charge in [0.25, 0.3) is 11.6 Å². The van der Waals surface area contributed by atoms with E-state index in [1.807, 2.05) is 32.3 Å². The number of methoxy groups -OCH3 is 1. The molecule has 0 unspecified atom stereocenters. The summed E-state index contributed by atoms with van der Waals surface area (Å²) in [4.78, 5) is 33.3. The van der Waals surface area contributed by atoms with Crippen LogP contribution in [0.15, 0.2) is 42.5 Å². The molecule has 4 aromatic rings. The van der Waals surface area contributed by atoms with E-state index in [2.05, 4.69) is 4.90 Å². The van der Waals surface area contributed by atoms with Crippen molar-refractivity contribution in [3.8, 4) is 5.75 Å². The monoisotopic (exact) mass is 506 g/mol. The van der Waals surface area contributed by atoms with E-state index < -0.39 is 4.92 Å². The number of hydrogen-bond donors (Lipinski definition) is 0. The lowest BCUT2D eigenvalue weighted by molar-refractivity contribution is -0.384. The van der Waals surface area contributed by atoms with Crippen molar-refractivity contribution in [1.82, 2.24) is 9.88 Å². The minimum Gasteiger partial charge on any atom is -0.494 e. The van der Waals surface area contributed by atoms with Gasteiger partial charge in [-0.3, -0.25) is 19.8 Å². The number of para-hydroxylation sites is 1. The van der Waals surface area contributed by atoms with Gasteiger partial charge in [0, 0.05) is 28.8 Å². The van der Waals surface area contributed by atoms with Gasteiger partial charge < -0.3 is 9.64 Å². The average molecular weight is 507 g/mol. The molecule has 0 saturated heterocycles. The molecule has 0 bridgehead atoms. The van der Waals surface area contributed by atoms with Crippen LogP contribution in [0.5, 0.6) is 5.75 Å². The van der Waals surface area contributed by atoms with Crippen LogP contribution in [-0.2, 0) is 0 Å². The fraction of sp³-hybridized carbons (Fsp3) is 0.273. The van der Waals surface area contributed by atoms with Gasteiger partial charge in [-0.2, -0.15) is 0 Å². The number of halogens is 1. The number of carbonyl (C=O) groups excluding carboxylic acids is 1. The largest absolute Gasteiger partial charge is 0.494 e. The van der Waals surface area contributed by atoms with Crippen LogP contribution in [0.2, 0.25) is 0 Å². The average Bonchev–Trinajstić information content (AvgIpc) is 3.39. The SMILES string of the molecule is COc1cccc2sc(N(CCCN(C)C)C(=O)c3cc4cc([N+](=O)[O-])ccc4s3)nc12.Cl. The minimum atomic E-state index is -0.430. The van der Waals surface area contributed by atoms with Gasteiger partial charge in [0.1, 0.15) is 11.3 Å². The van der Waals surface area contributed by atoms with Gasteiger partial charge in [-0.15, -0.1) is 23.7 Å². The maximum Gasteiger partial charge on any atom is 0.270 e. The third-order valence-corrected chi connectivity index (χ3v) is 7.12. The summed E-state index contributed by atoms with van der Waals surface area (Å²) in [7, 11) is 5.59. The van der Waals surface area contributed by atoms with E-state index in [0.29, 0.717) is 27.7 Å². The van der Waals surface area contributed by atoms with E-state index in [-0.39, 0.29) is 24.0 Å². The summed E-state index contributed by atoms with van der Waals surface area (Å²) in [6.45, 7) is 1.34. The molecule has 11 heteroatoms. The molecule has 0 radical (unpaired) electrons. The van der Waals surface area contributed by atoms with Crippen molar-refractivity contribution in [3.05, 3.63) is 57.5 Å². The number of nitrogens with zero attached hydrogens (tertiary/aromatic N) is 4. The molecular weight excluding hydrogens is 484 g/mol. The molecule has 0 fully saturated rings. The Kier molecular flexibility index (Phi) is 7.85. The first-order valence-corrected chi connectivity index (χ1v) is 11.6. The zero-order valence-electron chi connectivity index (χ0n) is 18.3. The zero-order chi connectivity index (χ0) is 22.8. The lowest BCUT2D eigenvalue weighted by atomic mass is 10.2. The highest BCUT2D eigenvalue weighted by atomic mass is 35.5. The molecule has 0 atom stereocenters. The minimum absolute atomic E-state index is 0. The van der Waals surface area contributed by atoms with Gasteiger partial charge in [0.05, 0.1) is 21.6 Å². The molecular formula is C22H23ClN4O4S2. The normalized spacial score (nSPS) is 11.0. The maximum atomic E-state index is 13.6. The molecule has 0 saturated carbocycles. The zero-order valence-corrected chi connectivity index (χ0v) is 20.8. The summed E-state index contributed by atoms with van der Waals surface area (Å²) in [5.74, 6) is 0.505. The van der Waals surface area contributed by atoms with E-state index in [1.54, 1.807) is 24.1 Å². The molecule has 1 amide bonds. The Morgan fingerprint density at radius 3 is 2.61 bits per heavy atom. The Morgan fingerprint density at radius 1 is 1.12 bits per heavy atom. The number of carbonyl (C=O) groups is 1. The highest BCUT2D eigenvalue weighted by Crippen LogP contribution is 2.36. The van der Waals surface area contributed by atoms with Crippen molar-refractivity contribution < 1.29 is 14.5 Å². The number of anilines is 1. The van der Waals surface area contributed by atoms with E-state index in [0.717, 1.165) is 27.9 Å². The number of thiophene rings is 1. The van der Waals surface area contributed by atoms with E-state index >= 15 is 0 Å². The van der Waals surface area contributed by atoms with Gasteiger partial charge in [0.2, 0.25) is 0 Å². The second kappa shape index (κ2) is 10.4. The number of nitro groups is 1. The van der Waals surface area contributed by atoms with E-state index in [4.69, 9.17) is 9.72 Å². The first kappa shape index (κ1) is 24.8. The molecule has 0 spiro atoms. The third-order valence-electron chi connectivity index (χ3n) is 4.98. The Morgan fingerprint density at radius 2 is 1.91 bits per heavy atom. The number of rotatable bonds is 8. The Hall–Kier alpha value is -2.79. The molecule has 2 aromatic carbocycles. The molecule has 2 heterocycles. The van der Waals surface area contributed by atoms with Gasteiger partial charge in [-0.1, -0.05) is 17.4 Å². The number of benzene rings is 2. The second-order valence-corrected chi connectivity index (χ2v) is 9.60. The number of nitro benzene ring substituents is 1. The summed E-state index contributed by atoms with van der Waals surface area (Å²) < 4.78 is 7.20. The van der Waals surface area contributed by atoms with Crippen molar-refractivity contribution in [2.75, 3.05) is 39.2 Å². The van der Waals surface area contributed by atoms with Crippen LogP contribution in [0, 0.1) is 10.1 Å². The predicted octanol–water partition coefficient (Wildman–Crippen LogP) is 5.45. The molecule has 2 aromatic heterocycles. The highest BCUT2D eigenvalue weighted by molar-refractivity contribution is 7.23. The molecule has 33 heavy (non-hydrogen) atoms. The quantitative estimate of drug-likeness (QED) is 0.233. The predicted molar refractivity (Wildman–Crippen MR) is 137 cm³/mol. The Labute approximate surface area is 205 Å². The number of hydrogen-bond acceptors (Lipinski definition) is 8. The fourth-order valence-electron chi connectivity index (χ4n) is 3.40. The first-order chi connectivity index (χ1) is 15.4. The fourth-order valence-corrected chi connectivity index (χ4v) is 5.40. The lowest BCUT2D eigenvalue weighted by Crippen LogP contribution is -2.32. The molecule has 0 N–H and O–H groups in total. The van der Waals surface area contributed by atoms with E-state index in [9.17, 15) is 14.9 Å². The Bertz CT molecular complexity index is 1300. The highest BCUT2D eigenvalue weighted by Gasteiger charge is 2.24. The summed E-state index contributed by atoms with van der Waals surface area (Å²) in [6.07, 6.45) is 0.780. The summed E-state index contributed by atoms with van der Waals surface area (Å²) in [5, 5.41) is 12.4. The number of ether oxygens (including phenoxy) is 1. The topological polar surface area (TPSA) is 88.8 Å². The van der Waals surface area contributed by atoms with Gasteiger partial charge in [-0.05, 0) is 51.3 Å². The number of non-ortho nitro benzene ring substituents is 1. The number of aromatic nitrogens is 1. The number of thiazole rings is 1. The van der Waals surface area contributed by atoms with Gasteiger partial charge >= 0.3 is 0 Å². The lowest BCUT2D eigenvalue weighted by Gasteiger charge is -2.20. The Balaban J connectivity index is 0.00000306. The first-order valence-electron chi connectivity index (χ1n) is 9.95. The van der Waals surface area contributed by atoms with Crippen molar-refractivity contribution in [2.24, 2.45) is 0 Å².